The Morgan fingerprint density at radius 1 is 0.295 bits per heavy atom. The molecule has 0 spiro atoms. The Kier molecular flexibility index (Phi) is 8.76. The zero-order valence-corrected chi connectivity index (χ0v) is 27.1. The summed E-state index contributed by atoms with van der Waals surface area (Å²) < 4.78 is 6.91. The third-order valence-corrected chi connectivity index (χ3v) is 11.2. The summed E-state index contributed by atoms with van der Waals surface area (Å²) in [4.78, 5) is 0. The number of hydrogen-bond acceptors (Lipinski definition) is 4. The third kappa shape index (κ3) is 6.17. The molecule has 0 aliphatic heterocycles. The van der Waals surface area contributed by atoms with Crippen molar-refractivity contribution in [3.05, 3.63) is 168 Å². The lowest BCUT2D eigenvalue weighted by molar-refractivity contribution is 1.82. The van der Waals surface area contributed by atoms with Crippen molar-refractivity contribution in [1.29, 1.82) is 0 Å². The van der Waals surface area contributed by atoms with E-state index in [2.05, 4.69) is 145 Å². The maximum Gasteiger partial charge on any atom is 0.0433 e. The standard InChI is InChI=1S/C16H10S.C12H8S.C8H6S.C4H4S/c1-2-6-12-11(5-1)9-10-14-13-7-3-4-8-15(13)17-16(12)14;1-3-7-11-9(5-1)10-6-2-4-8-12(10)13-11;1-2-4-8-7(3-1)5-6-9-8;1-2-4-5-3-1/h1-10H;1-8H;1-6H;1-4H. The first-order chi connectivity index (χ1) is 21.8. The summed E-state index contributed by atoms with van der Waals surface area (Å²) in [6.07, 6.45) is 0. The van der Waals surface area contributed by atoms with Gasteiger partial charge in [0.25, 0.3) is 0 Å². The zero-order chi connectivity index (χ0) is 29.6. The van der Waals surface area contributed by atoms with Gasteiger partial charge in [-0.3, -0.25) is 0 Å². The highest BCUT2D eigenvalue weighted by molar-refractivity contribution is 7.26. The van der Waals surface area contributed by atoms with Crippen molar-refractivity contribution in [2.24, 2.45) is 0 Å². The van der Waals surface area contributed by atoms with Gasteiger partial charge in [0.05, 0.1) is 0 Å². The van der Waals surface area contributed by atoms with Gasteiger partial charge in [-0.05, 0) is 62.6 Å². The first-order valence-corrected chi connectivity index (χ1v) is 17.9. The summed E-state index contributed by atoms with van der Waals surface area (Å²) in [5, 5.41) is 15.7. The fourth-order valence-electron chi connectivity index (χ4n) is 5.26. The van der Waals surface area contributed by atoms with E-state index in [-0.39, 0.29) is 0 Å². The molecule has 0 nitrogen and oxygen atoms in total. The van der Waals surface area contributed by atoms with Crippen LogP contribution in [0, 0.1) is 0 Å². The summed E-state index contributed by atoms with van der Waals surface area (Å²) in [6.45, 7) is 0. The second-order valence-electron chi connectivity index (χ2n) is 10.1. The Labute approximate surface area is 272 Å². The van der Waals surface area contributed by atoms with Crippen LogP contribution in [0.25, 0.3) is 61.2 Å². The van der Waals surface area contributed by atoms with Crippen LogP contribution in [0.15, 0.2) is 168 Å². The predicted molar refractivity (Wildman–Crippen MR) is 202 cm³/mol. The molecule has 0 bridgehead atoms. The highest BCUT2D eigenvalue weighted by Crippen LogP contribution is 2.38. The average Bonchev–Trinajstić information content (AvgIpc) is 3.92. The van der Waals surface area contributed by atoms with Crippen molar-refractivity contribution < 1.29 is 0 Å². The van der Waals surface area contributed by atoms with Crippen LogP contribution in [0.4, 0.5) is 0 Å². The Balaban J connectivity index is 0.000000102. The molecule has 0 saturated carbocycles. The van der Waals surface area contributed by atoms with E-state index < -0.39 is 0 Å². The molecule has 0 radical (unpaired) electrons. The van der Waals surface area contributed by atoms with Crippen LogP contribution in [0.1, 0.15) is 0 Å². The molecule has 0 atom stereocenters. The molecule has 10 rings (SSSR count). The molecule has 0 N–H and O–H groups in total. The summed E-state index contributed by atoms with van der Waals surface area (Å²) in [5.74, 6) is 0. The molecule has 4 aromatic heterocycles. The van der Waals surface area contributed by atoms with Crippen LogP contribution < -0.4 is 0 Å². The molecule has 0 amide bonds. The van der Waals surface area contributed by atoms with Crippen molar-refractivity contribution in [2.45, 2.75) is 0 Å². The Morgan fingerprint density at radius 3 is 1.39 bits per heavy atom. The van der Waals surface area contributed by atoms with Crippen molar-refractivity contribution in [3.8, 4) is 0 Å². The van der Waals surface area contributed by atoms with E-state index in [1.807, 2.05) is 45.6 Å². The zero-order valence-electron chi connectivity index (χ0n) is 23.8. The molecule has 0 aliphatic rings. The molecular weight excluding hydrogens is 609 g/mol. The Morgan fingerprint density at radius 2 is 0.795 bits per heavy atom. The van der Waals surface area contributed by atoms with Gasteiger partial charge in [0, 0.05) is 45.0 Å². The van der Waals surface area contributed by atoms with Crippen LogP contribution in [0.2, 0.25) is 0 Å². The number of benzene rings is 6. The lowest BCUT2D eigenvalue weighted by atomic mass is 10.1. The quantitative estimate of drug-likeness (QED) is 0.155. The molecule has 4 heteroatoms. The van der Waals surface area contributed by atoms with Gasteiger partial charge >= 0.3 is 0 Å². The molecule has 212 valence electrons. The first-order valence-electron chi connectivity index (χ1n) is 14.4. The second-order valence-corrected chi connectivity index (χ2v) is 14.0. The van der Waals surface area contributed by atoms with Crippen LogP contribution in [-0.4, -0.2) is 0 Å². The van der Waals surface area contributed by atoms with Crippen LogP contribution in [0.3, 0.4) is 0 Å². The van der Waals surface area contributed by atoms with Gasteiger partial charge in [0.2, 0.25) is 0 Å². The van der Waals surface area contributed by atoms with E-state index in [0.717, 1.165) is 0 Å². The van der Waals surface area contributed by atoms with Gasteiger partial charge in [-0.1, -0.05) is 121 Å². The van der Waals surface area contributed by atoms with Crippen LogP contribution in [0.5, 0.6) is 0 Å². The minimum absolute atomic E-state index is 1.33. The number of fused-ring (bicyclic) bond motifs is 9. The summed E-state index contributed by atoms with van der Waals surface area (Å²) in [5.41, 5.74) is 0. The molecule has 0 unspecified atom stereocenters. The highest BCUT2D eigenvalue weighted by atomic mass is 32.1. The topological polar surface area (TPSA) is 0 Å². The minimum atomic E-state index is 1.33. The van der Waals surface area contributed by atoms with Gasteiger partial charge in [0.15, 0.2) is 0 Å². The van der Waals surface area contributed by atoms with Crippen LogP contribution >= 0.6 is 45.3 Å². The fourth-order valence-corrected chi connectivity index (χ4v) is 8.85. The highest BCUT2D eigenvalue weighted by Gasteiger charge is 2.07. The summed E-state index contributed by atoms with van der Waals surface area (Å²) in [6, 6.07) is 53.4. The van der Waals surface area contributed by atoms with Crippen LogP contribution in [-0.2, 0) is 0 Å². The van der Waals surface area contributed by atoms with E-state index in [1.54, 1.807) is 22.7 Å². The lowest BCUT2D eigenvalue weighted by Crippen LogP contribution is -1.71. The minimum Gasteiger partial charge on any atom is -0.152 e. The molecular formula is C40H28S4. The van der Waals surface area contributed by atoms with Crippen molar-refractivity contribution in [3.63, 3.8) is 0 Å². The van der Waals surface area contributed by atoms with E-state index in [9.17, 15) is 0 Å². The molecule has 6 aromatic carbocycles. The number of hydrogen-bond donors (Lipinski definition) is 0. The van der Waals surface area contributed by atoms with E-state index >= 15 is 0 Å². The fraction of sp³-hybridized carbons (Fsp3) is 0. The normalized spacial score (nSPS) is 10.7. The lowest BCUT2D eigenvalue weighted by Gasteiger charge is -1.98. The average molecular weight is 637 g/mol. The van der Waals surface area contributed by atoms with Crippen molar-refractivity contribution in [2.75, 3.05) is 0 Å². The summed E-state index contributed by atoms with van der Waals surface area (Å²) in [7, 11) is 0. The maximum atomic E-state index is 2.25. The van der Waals surface area contributed by atoms with Crippen molar-refractivity contribution in [1.82, 2.24) is 0 Å². The second kappa shape index (κ2) is 13.5. The molecule has 0 fully saturated rings. The molecule has 0 saturated heterocycles. The molecule has 0 aliphatic carbocycles. The number of thiophene rings is 4. The Hall–Kier alpha value is -4.32. The summed E-state index contributed by atoms with van der Waals surface area (Å²) >= 11 is 7.25. The largest absolute Gasteiger partial charge is 0.152 e. The first kappa shape index (κ1) is 28.5. The Bertz CT molecular complexity index is 2310. The molecule has 4 heterocycles. The predicted octanol–water partition coefficient (Wildman–Crippen LogP) is 13.9. The van der Waals surface area contributed by atoms with Gasteiger partial charge in [-0.2, -0.15) is 11.3 Å². The van der Waals surface area contributed by atoms with Gasteiger partial charge in [-0.25, -0.2) is 0 Å². The third-order valence-electron chi connectivity index (χ3n) is 7.34. The molecule has 44 heavy (non-hydrogen) atoms. The van der Waals surface area contributed by atoms with Gasteiger partial charge < -0.3 is 0 Å². The van der Waals surface area contributed by atoms with E-state index in [1.165, 1.54) is 61.2 Å². The van der Waals surface area contributed by atoms with Gasteiger partial charge in [-0.15, -0.1) is 34.0 Å². The SMILES string of the molecule is c1ccc2c(c1)ccc1c3ccccc3sc21.c1ccc2c(c1)sc1ccccc12.c1ccc2sccc2c1.c1ccsc1. The van der Waals surface area contributed by atoms with E-state index in [4.69, 9.17) is 0 Å². The maximum absolute atomic E-state index is 2.25. The smallest absolute Gasteiger partial charge is 0.0433 e. The van der Waals surface area contributed by atoms with Gasteiger partial charge in [0.1, 0.15) is 0 Å². The van der Waals surface area contributed by atoms with E-state index in [0.29, 0.717) is 0 Å². The number of rotatable bonds is 0. The monoisotopic (exact) mass is 636 g/mol. The van der Waals surface area contributed by atoms with Crippen molar-refractivity contribution >= 4 is 107 Å². The molecule has 10 aromatic rings.